The van der Waals surface area contributed by atoms with Crippen molar-refractivity contribution in [2.24, 2.45) is 7.05 Å². The van der Waals surface area contributed by atoms with Gasteiger partial charge >= 0.3 is 0 Å². The molecule has 1 heterocycles. The van der Waals surface area contributed by atoms with E-state index < -0.39 is 0 Å². The van der Waals surface area contributed by atoms with Gasteiger partial charge in [0.25, 0.3) is 0 Å². The first kappa shape index (κ1) is 12.7. The number of rotatable bonds is 2. The van der Waals surface area contributed by atoms with E-state index >= 15 is 0 Å². The molecule has 0 radical (unpaired) electrons. The Balaban J connectivity index is 2.16. The molecule has 0 amide bonds. The first-order valence-corrected chi connectivity index (χ1v) is 7.55. The SMILES string of the molecule is Cn1nc(C2CCCC2)c(-c2ccccc2Br)c1N. The molecule has 2 aromatic rings. The first-order chi connectivity index (χ1) is 9.18. The van der Waals surface area contributed by atoms with Crippen LogP contribution in [0.2, 0.25) is 0 Å². The molecule has 0 aliphatic heterocycles. The monoisotopic (exact) mass is 319 g/mol. The Labute approximate surface area is 121 Å². The standard InChI is InChI=1S/C15H18BrN3/c1-19-15(17)13(11-8-4-5-9-12(11)16)14(18-19)10-6-2-3-7-10/h4-5,8-10H,2-3,6-7,17H2,1H3. The summed E-state index contributed by atoms with van der Waals surface area (Å²) in [5.74, 6) is 1.32. The van der Waals surface area contributed by atoms with Gasteiger partial charge in [0, 0.05) is 28.6 Å². The average molecular weight is 320 g/mol. The Morgan fingerprint density at radius 2 is 1.95 bits per heavy atom. The van der Waals surface area contributed by atoms with Crippen LogP contribution in [-0.4, -0.2) is 9.78 Å². The quantitative estimate of drug-likeness (QED) is 0.906. The number of hydrogen-bond acceptors (Lipinski definition) is 2. The second-order valence-electron chi connectivity index (χ2n) is 5.23. The van der Waals surface area contributed by atoms with Crippen LogP contribution in [0.5, 0.6) is 0 Å². The minimum atomic E-state index is 0.561. The lowest BCUT2D eigenvalue weighted by atomic mass is 9.95. The fourth-order valence-corrected chi connectivity index (χ4v) is 3.47. The molecular weight excluding hydrogens is 302 g/mol. The molecule has 1 aromatic carbocycles. The van der Waals surface area contributed by atoms with Crippen molar-refractivity contribution in [3.05, 3.63) is 34.4 Å². The first-order valence-electron chi connectivity index (χ1n) is 6.75. The zero-order valence-electron chi connectivity index (χ0n) is 11.1. The minimum Gasteiger partial charge on any atom is -0.383 e. The van der Waals surface area contributed by atoms with Crippen molar-refractivity contribution in [3.8, 4) is 11.1 Å². The molecule has 0 spiro atoms. The zero-order chi connectivity index (χ0) is 13.4. The van der Waals surface area contributed by atoms with Gasteiger partial charge < -0.3 is 5.73 Å². The van der Waals surface area contributed by atoms with Gasteiger partial charge in [0.2, 0.25) is 0 Å². The number of nitrogen functional groups attached to an aromatic ring is 1. The molecular formula is C15H18BrN3. The summed E-state index contributed by atoms with van der Waals surface area (Å²) >= 11 is 3.63. The summed E-state index contributed by atoms with van der Waals surface area (Å²) in [5.41, 5.74) is 9.68. The molecule has 3 rings (SSSR count). The van der Waals surface area contributed by atoms with Gasteiger partial charge in [0.1, 0.15) is 5.82 Å². The summed E-state index contributed by atoms with van der Waals surface area (Å²) < 4.78 is 2.89. The highest BCUT2D eigenvalue weighted by atomic mass is 79.9. The van der Waals surface area contributed by atoms with Gasteiger partial charge in [-0.1, -0.05) is 47.0 Å². The topological polar surface area (TPSA) is 43.8 Å². The molecule has 100 valence electrons. The third-order valence-electron chi connectivity index (χ3n) is 4.00. The molecule has 3 nitrogen and oxygen atoms in total. The zero-order valence-corrected chi connectivity index (χ0v) is 12.7. The lowest BCUT2D eigenvalue weighted by Crippen LogP contribution is -1.98. The predicted octanol–water partition coefficient (Wildman–Crippen LogP) is 4.09. The molecule has 1 aromatic heterocycles. The molecule has 1 fully saturated rings. The number of aryl methyl sites for hydroxylation is 1. The number of nitrogens with zero attached hydrogens (tertiary/aromatic N) is 2. The van der Waals surface area contributed by atoms with Crippen LogP contribution in [0, 0.1) is 0 Å². The maximum absolute atomic E-state index is 6.25. The summed E-state index contributed by atoms with van der Waals surface area (Å²) in [4.78, 5) is 0. The van der Waals surface area contributed by atoms with E-state index in [0.717, 1.165) is 21.4 Å². The number of benzene rings is 1. The highest BCUT2D eigenvalue weighted by Crippen LogP contribution is 2.42. The van der Waals surface area contributed by atoms with Crippen LogP contribution in [0.15, 0.2) is 28.7 Å². The van der Waals surface area contributed by atoms with Crippen LogP contribution < -0.4 is 5.73 Å². The summed E-state index contributed by atoms with van der Waals surface area (Å²) in [5, 5.41) is 4.68. The van der Waals surface area contributed by atoms with Crippen LogP contribution >= 0.6 is 15.9 Å². The van der Waals surface area contributed by atoms with Gasteiger partial charge in [0.15, 0.2) is 0 Å². The van der Waals surface area contributed by atoms with Crippen molar-refractivity contribution in [1.29, 1.82) is 0 Å². The van der Waals surface area contributed by atoms with Crippen molar-refractivity contribution in [3.63, 3.8) is 0 Å². The van der Waals surface area contributed by atoms with Crippen LogP contribution in [0.25, 0.3) is 11.1 Å². The Kier molecular flexibility index (Phi) is 3.35. The van der Waals surface area contributed by atoms with E-state index in [4.69, 9.17) is 5.73 Å². The normalized spacial score (nSPS) is 16.1. The largest absolute Gasteiger partial charge is 0.383 e. The van der Waals surface area contributed by atoms with Gasteiger partial charge in [-0.25, -0.2) is 0 Å². The predicted molar refractivity (Wildman–Crippen MR) is 82.0 cm³/mol. The van der Waals surface area contributed by atoms with Gasteiger partial charge in [-0.15, -0.1) is 0 Å². The van der Waals surface area contributed by atoms with Crippen LogP contribution in [0.4, 0.5) is 5.82 Å². The van der Waals surface area contributed by atoms with Crippen LogP contribution in [0.1, 0.15) is 37.3 Å². The van der Waals surface area contributed by atoms with Crippen molar-refractivity contribution in [1.82, 2.24) is 9.78 Å². The second kappa shape index (κ2) is 5.00. The number of hydrogen-bond donors (Lipinski definition) is 1. The summed E-state index contributed by atoms with van der Waals surface area (Å²) in [6.45, 7) is 0. The fraction of sp³-hybridized carbons (Fsp3) is 0.400. The van der Waals surface area contributed by atoms with E-state index in [0.29, 0.717) is 5.92 Å². The van der Waals surface area contributed by atoms with Gasteiger partial charge in [-0.05, 0) is 18.9 Å². The van der Waals surface area contributed by atoms with Crippen molar-refractivity contribution in [2.75, 3.05) is 5.73 Å². The summed E-state index contributed by atoms with van der Waals surface area (Å²) in [7, 11) is 1.92. The minimum absolute atomic E-state index is 0.561. The molecule has 19 heavy (non-hydrogen) atoms. The smallest absolute Gasteiger partial charge is 0.129 e. The molecule has 0 atom stereocenters. The fourth-order valence-electron chi connectivity index (χ4n) is 2.98. The second-order valence-corrected chi connectivity index (χ2v) is 6.08. The third kappa shape index (κ3) is 2.18. The third-order valence-corrected chi connectivity index (χ3v) is 4.70. The summed E-state index contributed by atoms with van der Waals surface area (Å²) in [6.07, 6.45) is 5.06. The Morgan fingerprint density at radius 3 is 2.63 bits per heavy atom. The number of nitrogens with two attached hydrogens (primary N) is 1. The number of halogens is 1. The van der Waals surface area contributed by atoms with E-state index in [2.05, 4.69) is 33.2 Å². The van der Waals surface area contributed by atoms with E-state index in [1.165, 1.54) is 31.4 Å². The highest BCUT2D eigenvalue weighted by molar-refractivity contribution is 9.10. The Bertz CT molecular complexity index is 597. The lowest BCUT2D eigenvalue weighted by Gasteiger charge is -2.10. The van der Waals surface area contributed by atoms with E-state index in [9.17, 15) is 0 Å². The molecule has 0 saturated heterocycles. The molecule has 0 unspecified atom stereocenters. The van der Waals surface area contributed by atoms with E-state index in [1.807, 2.05) is 23.9 Å². The van der Waals surface area contributed by atoms with Crippen molar-refractivity contribution in [2.45, 2.75) is 31.6 Å². The molecule has 1 aliphatic rings. The Hall–Kier alpha value is -1.29. The molecule has 2 N–H and O–H groups in total. The number of anilines is 1. The molecule has 1 aliphatic carbocycles. The summed E-state index contributed by atoms with van der Waals surface area (Å²) in [6, 6.07) is 8.23. The lowest BCUT2D eigenvalue weighted by molar-refractivity contribution is 0.660. The van der Waals surface area contributed by atoms with Gasteiger partial charge in [-0.2, -0.15) is 5.10 Å². The molecule has 1 saturated carbocycles. The average Bonchev–Trinajstić information content (AvgIpc) is 3.01. The van der Waals surface area contributed by atoms with Crippen LogP contribution in [-0.2, 0) is 7.05 Å². The molecule has 4 heteroatoms. The maximum atomic E-state index is 6.25. The van der Waals surface area contributed by atoms with Gasteiger partial charge in [-0.3, -0.25) is 4.68 Å². The van der Waals surface area contributed by atoms with Gasteiger partial charge in [0.05, 0.1) is 5.69 Å². The maximum Gasteiger partial charge on any atom is 0.129 e. The van der Waals surface area contributed by atoms with E-state index in [1.54, 1.807) is 0 Å². The van der Waals surface area contributed by atoms with Crippen molar-refractivity contribution >= 4 is 21.7 Å². The molecule has 0 bridgehead atoms. The highest BCUT2D eigenvalue weighted by Gasteiger charge is 2.26. The van der Waals surface area contributed by atoms with Crippen molar-refractivity contribution < 1.29 is 0 Å². The van der Waals surface area contributed by atoms with E-state index in [-0.39, 0.29) is 0 Å². The number of aromatic nitrogens is 2. The Morgan fingerprint density at radius 1 is 1.26 bits per heavy atom. The van der Waals surface area contributed by atoms with Crippen LogP contribution in [0.3, 0.4) is 0 Å².